The van der Waals surface area contributed by atoms with E-state index in [1.54, 1.807) is 0 Å². The summed E-state index contributed by atoms with van der Waals surface area (Å²) in [4.78, 5) is 7.76. The molecule has 0 unspecified atom stereocenters. The van der Waals surface area contributed by atoms with Crippen LogP contribution < -0.4 is 0 Å². The SMILES string of the molecule is CC.Cc1nc2[nH]ccc2c(C)c1CC(C)C. The number of fused-ring (bicyclic) bond motifs is 1. The second-order valence-corrected chi connectivity index (χ2v) is 4.64. The Hall–Kier alpha value is -1.31. The van der Waals surface area contributed by atoms with Crippen molar-refractivity contribution in [2.24, 2.45) is 5.92 Å². The summed E-state index contributed by atoms with van der Waals surface area (Å²) in [5.41, 5.74) is 4.97. The molecule has 1 N–H and O–H groups in total. The van der Waals surface area contributed by atoms with Crippen LogP contribution in [0.4, 0.5) is 0 Å². The number of aryl methyl sites for hydroxylation is 2. The minimum Gasteiger partial charge on any atom is -0.346 e. The molecular weight excluding hydrogens is 208 g/mol. The molecule has 94 valence electrons. The molecule has 2 nitrogen and oxygen atoms in total. The van der Waals surface area contributed by atoms with Crippen molar-refractivity contribution in [3.63, 3.8) is 0 Å². The molecule has 2 aromatic heterocycles. The van der Waals surface area contributed by atoms with Gasteiger partial charge in [-0.15, -0.1) is 0 Å². The van der Waals surface area contributed by atoms with E-state index in [0.29, 0.717) is 5.92 Å². The fourth-order valence-electron chi connectivity index (χ4n) is 2.13. The number of H-pyrrole nitrogens is 1. The Kier molecular flexibility index (Phi) is 4.73. The molecule has 0 aliphatic rings. The smallest absolute Gasteiger partial charge is 0.137 e. The highest BCUT2D eigenvalue weighted by molar-refractivity contribution is 5.80. The molecule has 2 rings (SSSR count). The Morgan fingerprint density at radius 2 is 1.88 bits per heavy atom. The molecule has 0 spiro atoms. The monoisotopic (exact) mass is 232 g/mol. The maximum absolute atomic E-state index is 4.59. The predicted octanol–water partition coefficient (Wildman–Crippen LogP) is 4.40. The summed E-state index contributed by atoms with van der Waals surface area (Å²) in [6.07, 6.45) is 3.08. The molecule has 0 fully saturated rings. The third-order valence-electron chi connectivity index (χ3n) is 2.91. The second kappa shape index (κ2) is 5.85. The van der Waals surface area contributed by atoms with E-state index in [4.69, 9.17) is 0 Å². The number of aromatic nitrogens is 2. The fourth-order valence-corrected chi connectivity index (χ4v) is 2.13. The molecule has 0 aromatic carbocycles. The molecule has 0 saturated carbocycles. The molecule has 0 amide bonds. The van der Waals surface area contributed by atoms with Gasteiger partial charge in [0.05, 0.1) is 0 Å². The van der Waals surface area contributed by atoms with Crippen LogP contribution in [0.1, 0.15) is 44.5 Å². The van der Waals surface area contributed by atoms with Crippen molar-refractivity contribution in [2.75, 3.05) is 0 Å². The Balaban J connectivity index is 0.000000686. The molecule has 0 aliphatic heterocycles. The van der Waals surface area contributed by atoms with Crippen LogP contribution in [0, 0.1) is 19.8 Å². The summed E-state index contributed by atoms with van der Waals surface area (Å²) in [5.74, 6) is 0.681. The molecule has 2 aromatic rings. The van der Waals surface area contributed by atoms with Crippen molar-refractivity contribution in [2.45, 2.75) is 48.0 Å². The van der Waals surface area contributed by atoms with E-state index >= 15 is 0 Å². The van der Waals surface area contributed by atoms with Gasteiger partial charge in [-0.05, 0) is 43.4 Å². The van der Waals surface area contributed by atoms with Gasteiger partial charge in [0.2, 0.25) is 0 Å². The van der Waals surface area contributed by atoms with Crippen molar-refractivity contribution in [1.29, 1.82) is 0 Å². The van der Waals surface area contributed by atoms with Gasteiger partial charge in [-0.2, -0.15) is 0 Å². The quantitative estimate of drug-likeness (QED) is 0.816. The zero-order chi connectivity index (χ0) is 13.0. The van der Waals surface area contributed by atoms with Crippen LogP contribution in [-0.4, -0.2) is 9.97 Å². The highest BCUT2D eigenvalue weighted by atomic mass is 14.8. The van der Waals surface area contributed by atoms with Crippen LogP contribution in [-0.2, 0) is 6.42 Å². The normalized spacial score (nSPS) is 10.5. The largest absolute Gasteiger partial charge is 0.346 e. The predicted molar refractivity (Wildman–Crippen MR) is 75.5 cm³/mol. The number of hydrogen-bond acceptors (Lipinski definition) is 1. The van der Waals surface area contributed by atoms with E-state index < -0.39 is 0 Å². The van der Waals surface area contributed by atoms with E-state index in [0.717, 1.165) is 17.8 Å². The van der Waals surface area contributed by atoms with Crippen molar-refractivity contribution in [1.82, 2.24) is 9.97 Å². The van der Waals surface area contributed by atoms with Crippen LogP contribution in [0.5, 0.6) is 0 Å². The molecule has 0 bridgehead atoms. The van der Waals surface area contributed by atoms with Crippen LogP contribution in [0.25, 0.3) is 11.0 Å². The number of hydrogen-bond donors (Lipinski definition) is 1. The van der Waals surface area contributed by atoms with Gasteiger partial charge in [0.1, 0.15) is 5.65 Å². The Morgan fingerprint density at radius 1 is 1.24 bits per heavy atom. The van der Waals surface area contributed by atoms with Crippen molar-refractivity contribution < 1.29 is 0 Å². The van der Waals surface area contributed by atoms with E-state index in [1.165, 1.54) is 16.5 Å². The van der Waals surface area contributed by atoms with Crippen molar-refractivity contribution in [3.8, 4) is 0 Å². The van der Waals surface area contributed by atoms with Crippen LogP contribution in [0.15, 0.2) is 12.3 Å². The first-order chi connectivity index (χ1) is 8.09. The second-order valence-electron chi connectivity index (χ2n) is 4.64. The molecule has 2 heteroatoms. The van der Waals surface area contributed by atoms with Crippen LogP contribution in [0.2, 0.25) is 0 Å². The van der Waals surface area contributed by atoms with Crippen molar-refractivity contribution >= 4 is 11.0 Å². The lowest BCUT2D eigenvalue weighted by atomic mass is 9.96. The van der Waals surface area contributed by atoms with Gasteiger partial charge in [0, 0.05) is 17.3 Å². The molecule has 17 heavy (non-hydrogen) atoms. The fraction of sp³-hybridized carbons (Fsp3) is 0.533. The Morgan fingerprint density at radius 3 is 2.47 bits per heavy atom. The summed E-state index contributed by atoms with van der Waals surface area (Å²) in [6, 6.07) is 2.11. The first-order valence-electron chi connectivity index (χ1n) is 6.52. The topological polar surface area (TPSA) is 28.7 Å². The molecule has 2 heterocycles. The van der Waals surface area contributed by atoms with Gasteiger partial charge in [-0.1, -0.05) is 27.7 Å². The number of nitrogens with one attached hydrogen (secondary N) is 1. The maximum Gasteiger partial charge on any atom is 0.137 e. The third-order valence-corrected chi connectivity index (χ3v) is 2.91. The van der Waals surface area contributed by atoms with Gasteiger partial charge < -0.3 is 4.98 Å². The molecule has 0 aliphatic carbocycles. The molecule has 0 atom stereocenters. The standard InChI is InChI=1S/C13H18N2.C2H6/c1-8(2)7-12-9(3)11-5-6-14-13(11)15-10(12)4;1-2/h5-6,8H,7H2,1-4H3,(H,14,15);1-2H3. The van der Waals surface area contributed by atoms with Gasteiger partial charge in [0.15, 0.2) is 0 Å². The summed E-state index contributed by atoms with van der Waals surface area (Å²) in [7, 11) is 0. The summed E-state index contributed by atoms with van der Waals surface area (Å²) in [6.45, 7) is 12.8. The summed E-state index contributed by atoms with van der Waals surface area (Å²) in [5, 5.41) is 1.26. The first kappa shape index (κ1) is 13.8. The molecular formula is C15H24N2. The summed E-state index contributed by atoms with van der Waals surface area (Å²) < 4.78 is 0. The van der Waals surface area contributed by atoms with Crippen molar-refractivity contribution in [3.05, 3.63) is 29.1 Å². The van der Waals surface area contributed by atoms with E-state index in [2.05, 4.69) is 43.7 Å². The Labute approximate surface area is 104 Å². The van der Waals surface area contributed by atoms with Crippen LogP contribution >= 0.6 is 0 Å². The first-order valence-corrected chi connectivity index (χ1v) is 6.52. The third kappa shape index (κ3) is 2.87. The van der Waals surface area contributed by atoms with E-state index in [-0.39, 0.29) is 0 Å². The zero-order valence-electron chi connectivity index (χ0n) is 11.9. The molecule has 0 saturated heterocycles. The lowest BCUT2D eigenvalue weighted by molar-refractivity contribution is 0.641. The molecule has 0 radical (unpaired) electrons. The lowest BCUT2D eigenvalue weighted by Crippen LogP contribution is -2.02. The zero-order valence-corrected chi connectivity index (χ0v) is 11.9. The highest BCUT2D eigenvalue weighted by Gasteiger charge is 2.10. The minimum atomic E-state index is 0.681. The number of rotatable bonds is 2. The van der Waals surface area contributed by atoms with E-state index in [9.17, 15) is 0 Å². The average Bonchev–Trinajstić information content (AvgIpc) is 2.75. The maximum atomic E-state index is 4.59. The van der Waals surface area contributed by atoms with E-state index in [1.807, 2.05) is 20.0 Å². The number of nitrogens with zero attached hydrogens (tertiary/aromatic N) is 1. The number of pyridine rings is 1. The summed E-state index contributed by atoms with van der Waals surface area (Å²) >= 11 is 0. The van der Waals surface area contributed by atoms with Gasteiger partial charge in [-0.3, -0.25) is 0 Å². The number of aromatic amines is 1. The lowest BCUT2D eigenvalue weighted by Gasteiger charge is -2.12. The highest BCUT2D eigenvalue weighted by Crippen LogP contribution is 2.23. The van der Waals surface area contributed by atoms with Gasteiger partial charge in [0.25, 0.3) is 0 Å². The average molecular weight is 232 g/mol. The minimum absolute atomic E-state index is 0.681. The van der Waals surface area contributed by atoms with Gasteiger partial charge in [-0.25, -0.2) is 4.98 Å². The van der Waals surface area contributed by atoms with Gasteiger partial charge >= 0.3 is 0 Å². The van der Waals surface area contributed by atoms with Crippen LogP contribution in [0.3, 0.4) is 0 Å². The Bertz CT molecular complexity index is 481.